The third kappa shape index (κ3) is 5.18. The molecule has 0 spiro atoms. The molecule has 1 fully saturated rings. The summed E-state index contributed by atoms with van der Waals surface area (Å²) < 4.78 is 33.6. The lowest BCUT2D eigenvalue weighted by molar-refractivity contribution is 0.0746. The average molecular weight is 488 g/mol. The number of nitrogens with one attached hydrogen (secondary N) is 1. The molecule has 172 valence electrons. The van der Waals surface area contributed by atoms with Crippen molar-refractivity contribution in [2.75, 3.05) is 42.9 Å². The minimum absolute atomic E-state index is 0.0355. The van der Waals surface area contributed by atoms with E-state index in [9.17, 15) is 13.2 Å². The summed E-state index contributed by atoms with van der Waals surface area (Å²) in [5.74, 6) is 0.719. The molecule has 33 heavy (non-hydrogen) atoms. The van der Waals surface area contributed by atoms with E-state index in [1.54, 1.807) is 47.6 Å². The Bertz CT molecular complexity index is 1250. The van der Waals surface area contributed by atoms with E-state index < -0.39 is 10.0 Å². The molecule has 1 aromatic heterocycles. The number of methoxy groups -OCH3 is 1. The van der Waals surface area contributed by atoms with E-state index in [4.69, 9.17) is 16.3 Å². The lowest BCUT2D eigenvalue weighted by Gasteiger charge is -2.34. The fourth-order valence-corrected chi connectivity index (χ4v) is 4.79. The quantitative estimate of drug-likeness (QED) is 0.570. The van der Waals surface area contributed by atoms with Gasteiger partial charge in [0.15, 0.2) is 0 Å². The second kappa shape index (κ2) is 9.63. The number of anilines is 2. The topological polar surface area (TPSA) is 105 Å². The van der Waals surface area contributed by atoms with E-state index in [1.807, 2.05) is 4.90 Å². The zero-order chi connectivity index (χ0) is 23.4. The van der Waals surface area contributed by atoms with Crippen molar-refractivity contribution < 1.29 is 17.9 Å². The van der Waals surface area contributed by atoms with Gasteiger partial charge in [-0.1, -0.05) is 17.7 Å². The molecule has 0 unspecified atom stereocenters. The Balaban J connectivity index is 1.48. The molecule has 0 aliphatic carbocycles. The lowest BCUT2D eigenvalue weighted by atomic mass is 10.2. The first-order valence-corrected chi connectivity index (χ1v) is 12.0. The van der Waals surface area contributed by atoms with Crippen LogP contribution in [0, 0.1) is 0 Å². The van der Waals surface area contributed by atoms with Gasteiger partial charge in [0.2, 0.25) is 5.95 Å². The Hall–Kier alpha value is -3.37. The summed E-state index contributed by atoms with van der Waals surface area (Å²) in [7, 11) is -2.54. The number of ether oxygens (including phenoxy) is 1. The Labute approximate surface area is 197 Å². The molecule has 1 aliphatic heterocycles. The zero-order valence-electron chi connectivity index (χ0n) is 17.8. The molecule has 9 nitrogen and oxygen atoms in total. The lowest BCUT2D eigenvalue weighted by Crippen LogP contribution is -2.49. The van der Waals surface area contributed by atoms with Gasteiger partial charge in [-0.25, -0.2) is 18.4 Å². The number of carbonyl (C=O) groups excluding carboxylic acids is 1. The van der Waals surface area contributed by atoms with Crippen molar-refractivity contribution in [3.8, 4) is 5.75 Å². The highest BCUT2D eigenvalue weighted by atomic mass is 35.5. The number of carbonyl (C=O) groups is 1. The van der Waals surface area contributed by atoms with Crippen LogP contribution in [0.3, 0.4) is 0 Å². The first-order valence-electron chi connectivity index (χ1n) is 10.1. The SMILES string of the molecule is COc1ccc(Cl)cc1NS(=O)(=O)c1cccc(C(=O)N2CCN(c3ncccn3)CC2)c1. The zero-order valence-corrected chi connectivity index (χ0v) is 19.4. The first-order chi connectivity index (χ1) is 15.9. The molecule has 1 amide bonds. The normalized spacial score (nSPS) is 14.1. The highest BCUT2D eigenvalue weighted by Gasteiger charge is 2.25. The molecule has 2 aromatic carbocycles. The van der Waals surface area contributed by atoms with Gasteiger partial charge in [0, 0.05) is 49.2 Å². The van der Waals surface area contributed by atoms with Crippen LogP contribution >= 0.6 is 11.6 Å². The molecule has 0 atom stereocenters. The van der Waals surface area contributed by atoms with Crippen molar-refractivity contribution in [2.24, 2.45) is 0 Å². The number of sulfonamides is 1. The van der Waals surface area contributed by atoms with Gasteiger partial charge < -0.3 is 14.5 Å². The van der Waals surface area contributed by atoms with Crippen LogP contribution in [-0.4, -0.2) is 62.5 Å². The van der Waals surface area contributed by atoms with E-state index in [2.05, 4.69) is 14.7 Å². The number of amides is 1. The van der Waals surface area contributed by atoms with Gasteiger partial charge in [-0.05, 0) is 42.5 Å². The molecule has 0 saturated carbocycles. The summed E-state index contributed by atoms with van der Waals surface area (Å²) in [5.41, 5.74) is 0.501. The first kappa shape index (κ1) is 22.8. The number of halogens is 1. The predicted molar refractivity (Wildman–Crippen MR) is 125 cm³/mol. The van der Waals surface area contributed by atoms with Crippen molar-refractivity contribution in [1.82, 2.24) is 14.9 Å². The Kier molecular flexibility index (Phi) is 6.66. The van der Waals surface area contributed by atoms with Gasteiger partial charge in [-0.3, -0.25) is 9.52 Å². The number of benzene rings is 2. The van der Waals surface area contributed by atoms with Crippen LogP contribution < -0.4 is 14.4 Å². The number of rotatable bonds is 6. The number of hydrogen-bond donors (Lipinski definition) is 1. The molecule has 11 heteroatoms. The van der Waals surface area contributed by atoms with Crippen LogP contribution in [-0.2, 0) is 10.0 Å². The van der Waals surface area contributed by atoms with Crippen LogP contribution in [0.15, 0.2) is 65.8 Å². The highest BCUT2D eigenvalue weighted by molar-refractivity contribution is 7.92. The minimum atomic E-state index is -3.98. The van der Waals surface area contributed by atoms with Gasteiger partial charge in [-0.2, -0.15) is 0 Å². The van der Waals surface area contributed by atoms with E-state index in [0.717, 1.165) is 0 Å². The van der Waals surface area contributed by atoms with E-state index in [-0.39, 0.29) is 16.5 Å². The number of piperazine rings is 1. The predicted octanol–water partition coefficient (Wildman–Crippen LogP) is 2.90. The average Bonchev–Trinajstić information content (AvgIpc) is 2.84. The number of hydrogen-bond acceptors (Lipinski definition) is 7. The molecule has 1 aliphatic rings. The molecule has 1 N–H and O–H groups in total. The van der Waals surface area contributed by atoms with Gasteiger partial charge in [0.25, 0.3) is 15.9 Å². The van der Waals surface area contributed by atoms with Gasteiger partial charge >= 0.3 is 0 Å². The molecule has 0 bridgehead atoms. The molecule has 3 aromatic rings. The van der Waals surface area contributed by atoms with Crippen LogP contribution in [0.25, 0.3) is 0 Å². The van der Waals surface area contributed by atoms with Crippen LogP contribution in [0.5, 0.6) is 5.75 Å². The van der Waals surface area contributed by atoms with Crippen molar-refractivity contribution in [3.63, 3.8) is 0 Å². The second-order valence-electron chi connectivity index (χ2n) is 7.31. The van der Waals surface area contributed by atoms with Gasteiger partial charge in [-0.15, -0.1) is 0 Å². The Morgan fingerprint density at radius 1 is 1.03 bits per heavy atom. The van der Waals surface area contributed by atoms with E-state index >= 15 is 0 Å². The molecule has 4 rings (SSSR count). The van der Waals surface area contributed by atoms with Crippen molar-refractivity contribution >= 4 is 39.2 Å². The number of aromatic nitrogens is 2. The largest absolute Gasteiger partial charge is 0.495 e. The molecule has 0 radical (unpaired) electrons. The van der Waals surface area contributed by atoms with Crippen LogP contribution in [0.1, 0.15) is 10.4 Å². The third-order valence-corrected chi connectivity index (χ3v) is 6.80. The molecular weight excluding hydrogens is 466 g/mol. The smallest absolute Gasteiger partial charge is 0.262 e. The van der Waals surface area contributed by atoms with Crippen molar-refractivity contribution in [3.05, 3.63) is 71.5 Å². The maximum atomic E-state index is 13.0. The summed E-state index contributed by atoms with van der Waals surface area (Å²) >= 11 is 6.00. The fourth-order valence-electron chi connectivity index (χ4n) is 3.51. The maximum absolute atomic E-state index is 13.0. The van der Waals surface area contributed by atoms with Crippen molar-refractivity contribution in [2.45, 2.75) is 4.90 Å². The van der Waals surface area contributed by atoms with Crippen LogP contribution in [0.4, 0.5) is 11.6 Å². The van der Waals surface area contributed by atoms with E-state index in [0.29, 0.717) is 48.5 Å². The maximum Gasteiger partial charge on any atom is 0.262 e. The highest BCUT2D eigenvalue weighted by Crippen LogP contribution is 2.30. The summed E-state index contributed by atoms with van der Waals surface area (Å²) in [6.07, 6.45) is 3.36. The molecule has 1 saturated heterocycles. The van der Waals surface area contributed by atoms with Gasteiger partial charge in [0.05, 0.1) is 17.7 Å². The summed E-state index contributed by atoms with van der Waals surface area (Å²) in [6, 6.07) is 12.3. The summed E-state index contributed by atoms with van der Waals surface area (Å²) in [5, 5.41) is 0.359. The number of nitrogens with zero attached hydrogens (tertiary/aromatic N) is 4. The molecular formula is C22H22ClN5O4S. The Morgan fingerprint density at radius 3 is 2.45 bits per heavy atom. The van der Waals surface area contributed by atoms with Crippen molar-refractivity contribution in [1.29, 1.82) is 0 Å². The summed E-state index contributed by atoms with van der Waals surface area (Å²) in [4.78, 5) is 25.2. The third-order valence-electron chi connectivity index (χ3n) is 5.20. The van der Waals surface area contributed by atoms with E-state index in [1.165, 1.54) is 25.3 Å². The molecule has 2 heterocycles. The fraction of sp³-hybridized carbons (Fsp3) is 0.227. The minimum Gasteiger partial charge on any atom is -0.495 e. The van der Waals surface area contributed by atoms with Crippen LogP contribution in [0.2, 0.25) is 5.02 Å². The summed E-state index contributed by atoms with van der Waals surface area (Å²) in [6.45, 7) is 2.13. The monoisotopic (exact) mass is 487 g/mol. The Morgan fingerprint density at radius 2 is 1.76 bits per heavy atom. The second-order valence-corrected chi connectivity index (χ2v) is 9.42. The van der Waals surface area contributed by atoms with Gasteiger partial charge in [0.1, 0.15) is 5.75 Å². The standard InChI is InChI=1S/C22H22ClN5O4S/c1-32-20-7-6-17(23)15-19(20)26-33(30,31)18-5-2-4-16(14-18)21(29)27-10-12-28(13-11-27)22-24-8-3-9-25-22/h2-9,14-15,26H,10-13H2,1H3.